The lowest BCUT2D eigenvalue weighted by Crippen LogP contribution is -2.62. The minimum atomic E-state index is -0.977. The fourth-order valence-corrected chi connectivity index (χ4v) is 5.35. The van der Waals surface area contributed by atoms with Crippen molar-refractivity contribution in [2.45, 2.75) is 43.9 Å². The predicted octanol–water partition coefficient (Wildman–Crippen LogP) is 4.68. The molecule has 0 saturated carbocycles. The summed E-state index contributed by atoms with van der Waals surface area (Å²) in [6.45, 7) is 3.58. The second kappa shape index (κ2) is 9.77. The van der Waals surface area contributed by atoms with Crippen molar-refractivity contribution in [1.29, 1.82) is 0 Å². The Bertz CT molecular complexity index is 958. The molecule has 1 aliphatic heterocycles. The number of nitrogens with one attached hydrogen (secondary N) is 1. The van der Waals surface area contributed by atoms with Gasteiger partial charge in [-0.3, -0.25) is 9.69 Å². The number of carbonyl (C=O) groups excluding carboxylic acids is 1. The first-order chi connectivity index (χ1) is 15.0. The van der Waals surface area contributed by atoms with Gasteiger partial charge in [0.15, 0.2) is 0 Å². The minimum Gasteiger partial charge on any atom is -0.388 e. The summed E-state index contributed by atoms with van der Waals surface area (Å²) >= 11 is 1.69. The summed E-state index contributed by atoms with van der Waals surface area (Å²) in [5.74, 6) is -0.140. The molecule has 1 aliphatic rings. The Morgan fingerprint density at radius 2 is 1.81 bits per heavy atom. The number of likely N-dealkylation sites (tertiary alicyclic amines) is 1. The maximum Gasteiger partial charge on any atom is 0.251 e. The van der Waals surface area contributed by atoms with Crippen molar-refractivity contribution in [3.63, 3.8) is 0 Å². The first kappa shape index (κ1) is 21.8. The second-order valence-corrected chi connectivity index (χ2v) is 9.49. The summed E-state index contributed by atoms with van der Waals surface area (Å²) in [6, 6.07) is 23.5. The summed E-state index contributed by atoms with van der Waals surface area (Å²) in [5, 5.41) is 16.5. The number of carbonyl (C=O) groups is 1. The van der Waals surface area contributed by atoms with E-state index < -0.39 is 5.60 Å². The van der Waals surface area contributed by atoms with Crippen molar-refractivity contribution in [2.24, 2.45) is 0 Å². The fraction of sp³-hybridized carbons (Fsp3) is 0.346. The standard InChI is InChI=1S/C26H30N2O2S/c1-26(30)16-18-28(17-8-12-20-10-4-2-5-11-20)23(22-15-9-19-31-22)24(26)27-25(29)21-13-6-3-7-14-21/h2-7,9-11,13-15,19,23-24,30H,8,12,16-18H2,1H3,(H,27,29). The third kappa shape index (κ3) is 5.24. The summed E-state index contributed by atoms with van der Waals surface area (Å²) in [4.78, 5) is 16.6. The van der Waals surface area contributed by atoms with Crippen LogP contribution in [-0.4, -0.2) is 40.6 Å². The largest absolute Gasteiger partial charge is 0.388 e. The van der Waals surface area contributed by atoms with Crippen LogP contribution in [-0.2, 0) is 6.42 Å². The van der Waals surface area contributed by atoms with Crippen LogP contribution in [0.2, 0.25) is 0 Å². The molecule has 0 aliphatic carbocycles. The van der Waals surface area contributed by atoms with Gasteiger partial charge >= 0.3 is 0 Å². The first-order valence-corrected chi connectivity index (χ1v) is 11.8. The Morgan fingerprint density at radius 1 is 1.10 bits per heavy atom. The molecule has 3 unspecified atom stereocenters. The van der Waals surface area contributed by atoms with Crippen LogP contribution in [0, 0.1) is 0 Å². The number of amides is 1. The Morgan fingerprint density at radius 3 is 2.48 bits per heavy atom. The molecule has 4 nitrogen and oxygen atoms in total. The maximum absolute atomic E-state index is 13.0. The maximum atomic E-state index is 13.0. The Hall–Kier alpha value is -2.47. The number of thiophene rings is 1. The smallest absolute Gasteiger partial charge is 0.251 e. The molecule has 3 aromatic rings. The highest BCUT2D eigenvalue weighted by Crippen LogP contribution is 2.39. The number of hydrogen-bond donors (Lipinski definition) is 2. The number of aryl methyl sites for hydroxylation is 1. The van der Waals surface area contributed by atoms with Crippen molar-refractivity contribution in [2.75, 3.05) is 13.1 Å². The van der Waals surface area contributed by atoms with Gasteiger partial charge in [0.1, 0.15) is 0 Å². The van der Waals surface area contributed by atoms with E-state index in [2.05, 4.69) is 45.9 Å². The molecule has 2 aromatic carbocycles. The average Bonchev–Trinajstić information content (AvgIpc) is 3.32. The van der Waals surface area contributed by atoms with E-state index in [4.69, 9.17) is 0 Å². The number of nitrogens with zero attached hydrogens (tertiary/aromatic N) is 1. The molecule has 4 rings (SSSR count). The van der Waals surface area contributed by atoms with E-state index in [1.165, 1.54) is 10.4 Å². The van der Waals surface area contributed by atoms with Crippen LogP contribution in [0.1, 0.15) is 46.6 Å². The molecular formula is C26H30N2O2S. The highest BCUT2D eigenvalue weighted by Gasteiger charge is 2.46. The molecule has 0 radical (unpaired) electrons. The number of hydrogen-bond acceptors (Lipinski definition) is 4. The second-order valence-electron chi connectivity index (χ2n) is 8.51. The van der Waals surface area contributed by atoms with Crippen LogP contribution in [0.25, 0.3) is 0 Å². The topological polar surface area (TPSA) is 52.6 Å². The van der Waals surface area contributed by atoms with E-state index in [0.717, 1.165) is 25.9 Å². The number of aliphatic hydroxyl groups is 1. The van der Waals surface area contributed by atoms with Crippen molar-refractivity contribution in [3.05, 3.63) is 94.2 Å². The molecule has 2 heterocycles. The quantitative estimate of drug-likeness (QED) is 0.568. The highest BCUT2D eigenvalue weighted by atomic mass is 32.1. The van der Waals surface area contributed by atoms with Crippen LogP contribution in [0.15, 0.2) is 78.2 Å². The van der Waals surface area contributed by atoms with Crippen molar-refractivity contribution >= 4 is 17.2 Å². The lowest BCUT2D eigenvalue weighted by molar-refractivity contribution is -0.0632. The van der Waals surface area contributed by atoms with Crippen LogP contribution in [0.3, 0.4) is 0 Å². The highest BCUT2D eigenvalue weighted by molar-refractivity contribution is 7.10. The third-order valence-corrected chi connectivity index (χ3v) is 7.14. The van der Waals surface area contributed by atoms with Gasteiger partial charge in [0.05, 0.1) is 17.7 Å². The normalized spacial score (nSPS) is 24.1. The van der Waals surface area contributed by atoms with Gasteiger partial charge in [-0.05, 0) is 61.9 Å². The molecule has 2 N–H and O–H groups in total. The van der Waals surface area contributed by atoms with Crippen LogP contribution < -0.4 is 5.32 Å². The monoisotopic (exact) mass is 434 g/mol. The van der Waals surface area contributed by atoms with E-state index in [1.54, 1.807) is 11.3 Å². The van der Waals surface area contributed by atoms with Gasteiger partial charge in [-0.1, -0.05) is 54.6 Å². The van der Waals surface area contributed by atoms with Crippen molar-refractivity contribution in [1.82, 2.24) is 10.2 Å². The molecule has 1 saturated heterocycles. The van der Waals surface area contributed by atoms with Gasteiger partial charge < -0.3 is 10.4 Å². The molecule has 0 spiro atoms. The number of rotatable bonds is 7. The zero-order valence-corrected chi connectivity index (χ0v) is 18.7. The molecule has 3 atom stereocenters. The van der Waals surface area contributed by atoms with Gasteiger partial charge in [0.2, 0.25) is 0 Å². The summed E-state index contributed by atoms with van der Waals surface area (Å²) in [5.41, 5.74) is 0.979. The average molecular weight is 435 g/mol. The zero-order valence-electron chi connectivity index (χ0n) is 17.9. The molecule has 0 bridgehead atoms. The van der Waals surface area contributed by atoms with Gasteiger partial charge in [-0.2, -0.15) is 0 Å². The first-order valence-electron chi connectivity index (χ1n) is 10.9. The lowest BCUT2D eigenvalue weighted by Gasteiger charge is -2.48. The Labute approximate surface area is 188 Å². The van der Waals surface area contributed by atoms with Gasteiger partial charge in [-0.15, -0.1) is 11.3 Å². The minimum absolute atomic E-state index is 0.0489. The van der Waals surface area contributed by atoms with Crippen LogP contribution in [0.4, 0.5) is 0 Å². The lowest BCUT2D eigenvalue weighted by atomic mass is 9.81. The van der Waals surface area contributed by atoms with Gasteiger partial charge in [0, 0.05) is 17.0 Å². The van der Waals surface area contributed by atoms with Crippen molar-refractivity contribution < 1.29 is 9.90 Å². The molecule has 31 heavy (non-hydrogen) atoms. The molecule has 1 fully saturated rings. The molecule has 5 heteroatoms. The predicted molar refractivity (Wildman–Crippen MR) is 126 cm³/mol. The molecule has 1 amide bonds. The molecule has 1 aromatic heterocycles. The summed E-state index contributed by atoms with van der Waals surface area (Å²) < 4.78 is 0. The van der Waals surface area contributed by atoms with Gasteiger partial charge in [0.25, 0.3) is 5.91 Å². The van der Waals surface area contributed by atoms with E-state index in [1.807, 2.05) is 49.4 Å². The van der Waals surface area contributed by atoms with Crippen LogP contribution >= 0.6 is 11.3 Å². The summed E-state index contributed by atoms with van der Waals surface area (Å²) in [7, 11) is 0. The number of piperidine rings is 1. The Kier molecular flexibility index (Phi) is 6.86. The SMILES string of the molecule is CC1(O)CCN(CCCc2ccccc2)C(c2cccs2)C1NC(=O)c1ccccc1. The van der Waals surface area contributed by atoms with Gasteiger partial charge in [-0.25, -0.2) is 0 Å². The van der Waals surface area contributed by atoms with E-state index in [-0.39, 0.29) is 18.0 Å². The third-order valence-electron chi connectivity index (χ3n) is 6.20. The molecular weight excluding hydrogens is 404 g/mol. The van der Waals surface area contributed by atoms with Crippen molar-refractivity contribution in [3.8, 4) is 0 Å². The number of benzene rings is 2. The summed E-state index contributed by atoms with van der Waals surface area (Å²) in [6.07, 6.45) is 2.68. The van der Waals surface area contributed by atoms with Crippen LogP contribution in [0.5, 0.6) is 0 Å². The van der Waals surface area contributed by atoms with E-state index in [9.17, 15) is 9.90 Å². The molecule has 162 valence electrons. The Balaban J connectivity index is 1.54. The van der Waals surface area contributed by atoms with E-state index in [0.29, 0.717) is 12.0 Å². The van der Waals surface area contributed by atoms with E-state index >= 15 is 0 Å². The zero-order chi connectivity index (χ0) is 21.7. The fourth-order valence-electron chi connectivity index (χ4n) is 4.45.